The lowest BCUT2D eigenvalue weighted by Gasteiger charge is -2.44. The van der Waals surface area contributed by atoms with Crippen LogP contribution in [-0.2, 0) is 17.8 Å². The number of carbonyl (C=O) groups is 1. The molecule has 170 valence electrons. The maximum Gasteiger partial charge on any atom is 0.250 e. The first kappa shape index (κ1) is 23.4. The Morgan fingerprint density at radius 1 is 1.06 bits per heavy atom. The molecule has 0 radical (unpaired) electrons. The lowest BCUT2D eigenvalue weighted by molar-refractivity contribution is -0.121. The van der Waals surface area contributed by atoms with E-state index in [0.717, 1.165) is 17.7 Å². The van der Waals surface area contributed by atoms with E-state index in [0.29, 0.717) is 30.7 Å². The smallest absolute Gasteiger partial charge is 0.250 e. The minimum Gasteiger partial charge on any atom is -0.348 e. The number of amides is 1. The fourth-order valence-electron chi connectivity index (χ4n) is 4.47. The SMILES string of the molecule is O=C(Cc1ccccc1)N[C@H](NC(=S)N1C[C@H]2C[C@H](C1)c1cccc(=O)n1C2)C(Cl)(Cl)Cl. The Morgan fingerprint density at radius 2 is 1.81 bits per heavy atom. The number of likely N-dealkylation sites (tertiary alicyclic amines) is 1. The first-order chi connectivity index (χ1) is 15.2. The number of carbonyl (C=O) groups excluding carboxylic acids is 1. The number of thiocarbonyl (C=S) groups is 1. The molecule has 2 aliphatic heterocycles. The van der Waals surface area contributed by atoms with Gasteiger partial charge in [-0.25, -0.2) is 0 Å². The second-order valence-electron chi connectivity index (χ2n) is 8.26. The van der Waals surface area contributed by atoms with Crippen LogP contribution in [0.2, 0.25) is 0 Å². The third kappa shape index (κ3) is 5.39. The molecule has 1 aromatic heterocycles. The minimum atomic E-state index is -1.80. The van der Waals surface area contributed by atoms with Gasteiger partial charge < -0.3 is 20.1 Å². The quantitative estimate of drug-likeness (QED) is 0.373. The molecule has 0 unspecified atom stereocenters. The van der Waals surface area contributed by atoms with Crippen molar-refractivity contribution in [1.82, 2.24) is 20.1 Å². The number of hydrogen-bond donors (Lipinski definition) is 2. The van der Waals surface area contributed by atoms with Crippen molar-refractivity contribution in [2.45, 2.75) is 35.3 Å². The standard InChI is InChI=1S/C22H23Cl3N4O2S/c23-22(24,25)20(26-18(30)10-14-5-2-1-3-6-14)27-21(32)28-11-15-9-16(13-28)17-7-4-8-19(31)29(17)12-15/h1-8,15-16,20H,9-13H2,(H,26,30)(H,27,32)/t15-,16-,20-/m1/s1. The van der Waals surface area contributed by atoms with Crippen molar-refractivity contribution in [2.24, 2.45) is 5.92 Å². The van der Waals surface area contributed by atoms with Gasteiger partial charge in [0.2, 0.25) is 9.70 Å². The van der Waals surface area contributed by atoms with Crippen LogP contribution in [-0.4, -0.2) is 43.5 Å². The Bertz CT molecular complexity index is 1060. The number of hydrogen-bond acceptors (Lipinski definition) is 3. The zero-order chi connectivity index (χ0) is 22.9. The Hall–Kier alpha value is -1.80. The second kappa shape index (κ2) is 9.59. The highest BCUT2D eigenvalue weighted by Gasteiger charge is 2.38. The number of nitrogens with one attached hydrogen (secondary N) is 2. The predicted molar refractivity (Wildman–Crippen MR) is 131 cm³/mol. The molecule has 3 atom stereocenters. The summed E-state index contributed by atoms with van der Waals surface area (Å²) in [6.45, 7) is 2.00. The van der Waals surface area contributed by atoms with Crippen molar-refractivity contribution in [3.8, 4) is 0 Å². The maximum absolute atomic E-state index is 12.5. The maximum atomic E-state index is 12.5. The molecule has 32 heavy (non-hydrogen) atoms. The van der Waals surface area contributed by atoms with Crippen LogP contribution in [0, 0.1) is 5.92 Å². The number of halogens is 3. The van der Waals surface area contributed by atoms with Crippen LogP contribution in [0.3, 0.4) is 0 Å². The summed E-state index contributed by atoms with van der Waals surface area (Å²) in [5, 5.41) is 6.18. The van der Waals surface area contributed by atoms with Gasteiger partial charge in [0, 0.05) is 37.3 Å². The number of fused-ring (bicyclic) bond motifs is 4. The third-order valence-corrected chi connectivity index (χ3v) is 6.91. The predicted octanol–water partition coefficient (Wildman–Crippen LogP) is 3.20. The number of pyridine rings is 1. The molecule has 10 heteroatoms. The van der Waals surface area contributed by atoms with Crippen LogP contribution in [0.1, 0.15) is 23.6 Å². The van der Waals surface area contributed by atoms with Gasteiger partial charge in [-0.3, -0.25) is 9.59 Å². The third-order valence-electron chi connectivity index (χ3n) is 5.87. The Kier molecular flexibility index (Phi) is 7.00. The first-order valence-electron chi connectivity index (χ1n) is 10.4. The molecule has 2 aromatic rings. The van der Waals surface area contributed by atoms with Crippen molar-refractivity contribution in [3.05, 3.63) is 70.1 Å². The number of piperidine rings is 1. The summed E-state index contributed by atoms with van der Waals surface area (Å²) >= 11 is 24.1. The summed E-state index contributed by atoms with van der Waals surface area (Å²) in [6.07, 6.45) is 0.170. The zero-order valence-corrected chi connectivity index (χ0v) is 20.2. The molecular formula is C22H23Cl3N4O2S. The molecule has 3 heterocycles. The van der Waals surface area contributed by atoms with Crippen molar-refractivity contribution in [1.29, 1.82) is 0 Å². The zero-order valence-electron chi connectivity index (χ0n) is 17.1. The first-order valence-corrected chi connectivity index (χ1v) is 11.9. The molecular weight excluding hydrogens is 491 g/mol. The normalized spacial score (nSPS) is 20.8. The van der Waals surface area contributed by atoms with Crippen LogP contribution in [0.4, 0.5) is 0 Å². The van der Waals surface area contributed by atoms with Gasteiger partial charge in [0.05, 0.1) is 6.42 Å². The molecule has 4 rings (SSSR count). The number of alkyl halides is 3. The summed E-state index contributed by atoms with van der Waals surface area (Å²) in [6, 6.07) is 14.7. The molecule has 2 bridgehead atoms. The van der Waals surface area contributed by atoms with Crippen LogP contribution in [0.5, 0.6) is 0 Å². The molecule has 2 N–H and O–H groups in total. The van der Waals surface area contributed by atoms with E-state index in [2.05, 4.69) is 10.6 Å². The fourth-order valence-corrected chi connectivity index (χ4v) is 5.06. The van der Waals surface area contributed by atoms with E-state index >= 15 is 0 Å². The van der Waals surface area contributed by atoms with E-state index in [9.17, 15) is 9.59 Å². The van der Waals surface area contributed by atoms with Gasteiger partial charge in [0.1, 0.15) is 6.17 Å². The number of aromatic nitrogens is 1. The number of rotatable bonds is 4. The lowest BCUT2D eigenvalue weighted by atomic mass is 9.83. The summed E-state index contributed by atoms with van der Waals surface area (Å²) in [5.41, 5.74) is 1.91. The van der Waals surface area contributed by atoms with Crippen molar-refractivity contribution >= 4 is 58.0 Å². The molecule has 1 fully saturated rings. The lowest BCUT2D eigenvalue weighted by Crippen LogP contribution is -2.60. The van der Waals surface area contributed by atoms with Crippen LogP contribution in [0.25, 0.3) is 0 Å². The number of benzene rings is 1. The number of nitrogens with zero attached hydrogens (tertiary/aromatic N) is 2. The summed E-state index contributed by atoms with van der Waals surface area (Å²) in [5.74, 6) is 0.196. The summed E-state index contributed by atoms with van der Waals surface area (Å²) in [7, 11) is 0. The van der Waals surface area contributed by atoms with Crippen LogP contribution >= 0.6 is 47.0 Å². The largest absolute Gasteiger partial charge is 0.348 e. The molecule has 1 amide bonds. The van der Waals surface area contributed by atoms with Crippen molar-refractivity contribution in [3.63, 3.8) is 0 Å². The Morgan fingerprint density at radius 3 is 2.53 bits per heavy atom. The van der Waals surface area contributed by atoms with Gasteiger partial charge in [0.15, 0.2) is 5.11 Å². The van der Waals surface area contributed by atoms with E-state index in [4.69, 9.17) is 47.0 Å². The van der Waals surface area contributed by atoms with Crippen LogP contribution < -0.4 is 16.2 Å². The average Bonchev–Trinajstić information content (AvgIpc) is 2.74. The van der Waals surface area contributed by atoms with E-state index in [1.165, 1.54) is 0 Å². The minimum absolute atomic E-state index is 0.0312. The Labute approximate surface area is 206 Å². The van der Waals surface area contributed by atoms with E-state index in [1.807, 2.05) is 45.9 Å². The highest BCUT2D eigenvalue weighted by atomic mass is 35.6. The second-order valence-corrected chi connectivity index (χ2v) is 11.0. The average molecular weight is 514 g/mol. The highest BCUT2D eigenvalue weighted by Crippen LogP contribution is 2.35. The summed E-state index contributed by atoms with van der Waals surface area (Å²) in [4.78, 5) is 26.8. The van der Waals surface area contributed by atoms with Crippen molar-refractivity contribution < 1.29 is 4.79 Å². The van der Waals surface area contributed by atoms with E-state index < -0.39 is 9.96 Å². The Balaban J connectivity index is 1.43. The van der Waals surface area contributed by atoms with Gasteiger partial charge in [0.25, 0.3) is 5.56 Å². The summed E-state index contributed by atoms with van der Waals surface area (Å²) < 4.78 is 0.0581. The van der Waals surface area contributed by atoms with Gasteiger partial charge in [-0.1, -0.05) is 71.2 Å². The molecule has 2 aliphatic rings. The molecule has 6 nitrogen and oxygen atoms in total. The van der Waals surface area contributed by atoms with E-state index in [1.54, 1.807) is 12.1 Å². The van der Waals surface area contributed by atoms with Gasteiger partial charge in [-0.15, -0.1) is 0 Å². The van der Waals surface area contributed by atoms with Crippen LogP contribution in [0.15, 0.2) is 53.3 Å². The van der Waals surface area contributed by atoms with Gasteiger partial charge in [-0.05, 0) is 36.2 Å². The van der Waals surface area contributed by atoms with Gasteiger partial charge in [-0.2, -0.15) is 0 Å². The molecule has 0 saturated carbocycles. The van der Waals surface area contributed by atoms with Gasteiger partial charge >= 0.3 is 0 Å². The molecule has 0 aliphatic carbocycles. The topological polar surface area (TPSA) is 66.4 Å². The fraction of sp³-hybridized carbons (Fsp3) is 0.409. The molecule has 0 spiro atoms. The van der Waals surface area contributed by atoms with E-state index in [-0.39, 0.29) is 23.8 Å². The molecule has 1 aromatic carbocycles. The monoisotopic (exact) mass is 512 g/mol. The highest BCUT2D eigenvalue weighted by molar-refractivity contribution is 7.80. The molecule has 1 saturated heterocycles. The van der Waals surface area contributed by atoms with Crippen molar-refractivity contribution in [2.75, 3.05) is 13.1 Å².